The first-order valence-corrected chi connectivity index (χ1v) is 11.0. The van der Waals surface area contributed by atoms with Crippen molar-refractivity contribution in [2.24, 2.45) is 11.8 Å². The minimum atomic E-state index is -0.585. The van der Waals surface area contributed by atoms with Crippen molar-refractivity contribution < 1.29 is 18.7 Å². The largest absolute Gasteiger partial charge is 0.484 e. The van der Waals surface area contributed by atoms with Crippen molar-refractivity contribution >= 4 is 23.4 Å². The molecule has 1 heterocycles. The van der Waals surface area contributed by atoms with Crippen LogP contribution >= 0.6 is 11.6 Å². The number of carbonyl (C=O) groups excluding carboxylic acids is 2. The van der Waals surface area contributed by atoms with Crippen molar-refractivity contribution in [3.63, 3.8) is 0 Å². The van der Waals surface area contributed by atoms with Gasteiger partial charge in [-0.2, -0.15) is 0 Å². The van der Waals surface area contributed by atoms with Gasteiger partial charge in [-0.15, -0.1) is 0 Å². The molecule has 1 aromatic carbocycles. The molecule has 3 aliphatic carbocycles. The van der Waals surface area contributed by atoms with Crippen LogP contribution in [0.25, 0.3) is 0 Å². The van der Waals surface area contributed by atoms with Gasteiger partial charge < -0.3 is 15.4 Å². The quantitative estimate of drug-likeness (QED) is 0.522. The Hall–Kier alpha value is -1.90. The van der Waals surface area contributed by atoms with Gasteiger partial charge in [0.05, 0.1) is 5.02 Å². The van der Waals surface area contributed by atoms with E-state index in [1.54, 1.807) is 0 Å². The summed E-state index contributed by atoms with van der Waals surface area (Å²) >= 11 is 5.65. The molecule has 1 aromatic rings. The second kappa shape index (κ2) is 9.08. The minimum absolute atomic E-state index is 0.00966. The molecule has 2 amide bonds. The number of carbonyl (C=O) groups is 2. The number of hydrogen-bond donors (Lipinski definition) is 4. The molecule has 0 radical (unpaired) electrons. The number of halogens is 2. The molecule has 30 heavy (non-hydrogen) atoms. The zero-order valence-corrected chi connectivity index (χ0v) is 17.7. The van der Waals surface area contributed by atoms with Crippen LogP contribution in [0.2, 0.25) is 5.02 Å². The van der Waals surface area contributed by atoms with E-state index in [1.807, 2.05) is 0 Å². The molecule has 4 N–H and O–H groups in total. The zero-order valence-electron chi connectivity index (χ0n) is 16.9. The third-order valence-electron chi connectivity index (χ3n) is 6.58. The van der Waals surface area contributed by atoms with Crippen LogP contribution in [0.15, 0.2) is 18.2 Å². The van der Waals surface area contributed by atoms with E-state index in [2.05, 4.69) is 28.4 Å². The van der Waals surface area contributed by atoms with E-state index in [-0.39, 0.29) is 47.3 Å². The standard InChI is InChI=1S/C21H28ClFN4O3/c1-2-13-7-19(27-26-13)21(29)25-18-9-17(11-5-12(18)6-11)24-20(28)10-30-14-3-4-15(22)16(23)8-14/h3-4,8,11-13,17-19,26-27H,2,5-7,9-10H2,1H3,(H,24,28)(H,25,29). The third-order valence-corrected chi connectivity index (χ3v) is 6.89. The van der Waals surface area contributed by atoms with Gasteiger partial charge in [-0.1, -0.05) is 18.5 Å². The summed E-state index contributed by atoms with van der Waals surface area (Å²) in [5.74, 6) is 0.364. The van der Waals surface area contributed by atoms with E-state index in [0.29, 0.717) is 17.9 Å². The van der Waals surface area contributed by atoms with Gasteiger partial charge in [0.25, 0.3) is 5.91 Å². The van der Waals surface area contributed by atoms with Gasteiger partial charge >= 0.3 is 0 Å². The molecule has 1 saturated heterocycles. The average Bonchev–Trinajstić information content (AvgIpc) is 3.17. The summed E-state index contributed by atoms with van der Waals surface area (Å²) in [7, 11) is 0. The summed E-state index contributed by atoms with van der Waals surface area (Å²) < 4.78 is 18.9. The molecular formula is C21H28ClFN4O3. The Balaban J connectivity index is 1.25. The lowest BCUT2D eigenvalue weighted by Gasteiger charge is -2.51. The fourth-order valence-electron chi connectivity index (χ4n) is 4.69. The van der Waals surface area contributed by atoms with Crippen molar-refractivity contribution in [3.8, 4) is 5.75 Å². The molecule has 9 heteroatoms. The van der Waals surface area contributed by atoms with Crippen LogP contribution in [0.1, 0.15) is 39.0 Å². The lowest BCUT2D eigenvalue weighted by Crippen LogP contribution is -2.61. The Morgan fingerprint density at radius 3 is 2.53 bits per heavy atom. The Labute approximate surface area is 180 Å². The molecule has 164 valence electrons. The second-order valence-corrected chi connectivity index (χ2v) is 8.97. The Morgan fingerprint density at radius 1 is 1.13 bits per heavy atom. The van der Waals surface area contributed by atoms with Gasteiger partial charge in [0, 0.05) is 24.2 Å². The molecule has 3 saturated carbocycles. The zero-order chi connectivity index (χ0) is 21.3. The van der Waals surface area contributed by atoms with E-state index >= 15 is 0 Å². The first-order valence-electron chi connectivity index (χ1n) is 10.6. The molecule has 5 rings (SSSR count). The molecule has 4 aliphatic rings. The van der Waals surface area contributed by atoms with E-state index in [4.69, 9.17) is 16.3 Å². The van der Waals surface area contributed by atoms with Crippen LogP contribution in [0, 0.1) is 17.7 Å². The highest BCUT2D eigenvalue weighted by Gasteiger charge is 2.47. The Kier molecular flexibility index (Phi) is 6.46. The molecular weight excluding hydrogens is 411 g/mol. The fraction of sp³-hybridized carbons (Fsp3) is 0.619. The molecule has 4 fully saturated rings. The molecule has 0 aromatic heterocycles. The molecule has 4 atom stereocenters. The van der Waals surface area contributed by atoms with E-state index in [0.717, 1.165) is 38.2 Å². The summed E-state index contributed by atoms with van der Waals surface area (Å²) in [6.07, 6.45) is 4.49. The van der Waals surface area contributed by atoms with Crippen LogP contribution in [-0.4, -0.2) is 42.6 Å². The highest BCUT2D eigenvalue weighted by Crippen LogP contribution is 2.45. The van der Waals surface area contributed by atoms with Crippen LogP contribution in [-0.2, 0) is 9.59 Å². The highest BCUT2D eigenvalue weighted by atomic mass is 35.5. The summed E-state index contributed by atoms with van der Waals surface area (Å²) in [5.41, 5.74) is 6.23. The molecule has 2 bridgehead atoms. The maximum Gasteiger partial charge on any atom is 0.258 e. The van der Waals surface area contributed by atoms with Crippen LogP contribution in [0.3, 0.4) is 0 Å². The van der Waals surface area contributed by atoms with Gasteiger partial charge in [0.15, 0.2) is 6.61 Å². The van der Waals surface area contributed by atoms with Crippen molar-refractivity contribution in [1.29, 1.82) is 0 Å². The predicted octanol–water partition coefficient (Wildman–Crippen LogP) is 1.90. The highest BCUT2D eigenvalue weighted by molar-refractivity contribution is 6.30. The number of nitrogens with one attached hydrogen (secondary N) is 4. The van der Waals surface area contributed by atoms with Gasteiger partial charge in [0.2, 0.25) is 5.91 Å². The lowest BCUT2D eigenvalue weighted by atomic mass is 9.60. The van der Waals surface area contributed by atoms with Crippen molar-refractivity contribution in [1.82, 2.24) is 21.5 Å². The number of hydrazine groups is 1. The predicted molar refractivity (Wildman–Crippen MR) is 110 cm³/mol. The van der Waals surface area contributed by atoms with Crippen molar-refractivity contribution in [2.75, 3.05) is 6.61 Å². The Bertz CT molecular complexity index is 804. The van der Waals surface area contributed by atoms with Gasteiger partial charge in [-0.3, -0.25) is 15.0 Å². The average molecular weight is 439 g/mol. The first kappa shape index (κ1) is 21.3. The number of hydrogen-bond acceptors (Lipinski definition) is 5. The number of amides is 2. The maximum absolute atomic E-state index is 13.5. The minimum Gasteiger partial charge on any atom is -0.484 e. The van der Waals surface area contributed by atoms with E-state index in [1.165, 1.54) is 12.1 Å². The fourth-order valence-corrected chi connectivity index (χ4v) is 4.80. The van der Waals surface area contributed by atoms with Crippen molar-refractivity contribution in [3.05, 3.63) is 29.0 Å². The van der Waals surface area contributed by atoms with Crippen LogP contribution < -0.4 is 26.2 Å². The van der Waals surface area contributed by atoms with Crippen molar-refractivity contribution in [2.45, 2.75) is 63.2 Å². The van der Waals surface area contributed by atoms with E-state index in [9.17, 15) is 14.0 Å². The number of ether oxygens (including phenoxy) is 1. The molecule has 1 aliphatic heterocycles. The second-order valence-electron chi connectivity index (χ2n) is 8.56. The third kappa shape index (κ3) is 4.71. The molecule has 0 spiro atoms. The lowest BCUT2D eigenvalue weighted by molar-refractivity contribution is -0.127. The number of fused-ring (bicyclic) bond motifs is 2. The topological polar surface area (TPSA) is 91.5 Å². The molecule has 4 unspecified atom stereocenters. The molecule has 7 nitrogen and oxygen atoms in total. The van der Waals surface area contributed by atoms with Gasteiger partial charge in [-0.25, -0.2) is 9.82 Å². The van der Waals surface area contributed by atoms with Gasteiger partial charge in [0.1, 0.15) is 17.6 Å². The number of benzene rings is 1. The first-order chi connectivity index (χ1) is 14.4. The van der Waals surface area contributed by atoms with Crippen LogP contribution in [0.5, 0.6) is 5.75 Å². The van der Waals surface area contributed by atoms with E-state index < -0.39 is 5.82 Å². The summed E-state index contributed by atoms with van der Waals surface area (Å²) in [4.78, 5) is 25.0. The monoisotopic (exact) mass is 438 g/mol. The SMILES string of the molecule is CCC1CC(C(=O)NC2CC(NC(=O)COc3ccc(Cl)c(F)c3)C3CC2C3)NN1. The summed E-state index contributed by atoms with van der Waals surface area (Å²) in [5, 5.41) is 6.23. The number of rotatable bonds is 7. The summed E-state index contributed by atoms with van der Waals surface area (Å²) in [6, 6.07) is 4.27. The maximum atomic E-state index is 13.5. The smallest absolute Gasteiger partial charge is 0.258 e. The normalized spacial score (nSPS) is 32.2. The van der Waals surface area contributed by atoms with Gasteiger partial charge in [-0.05, 0) is 56.1 Å². The Morgan fingerprint density at radius 2 is 1.87 bits per heavy atom. The summed E-state index contributed by atoms with van der Waals surface area (Å²) in [6.45, 7) is 1.90. The van der Waals surface area contributed by atoms with Crippen LogP contribution in [0.4, 0.5) is 4.39 Å².